The molecule has 0 atom stereocenters. The molecule has 0 unspecified atom stereocenters. The number of methoxy groups -OCH3 is 1. The van der Waals surface area contributed by atoms with Crippen molar-refractivity contribution in [1.82, 2.24) is 4.98 Å². The second kappa shape index (κ2) is 4.57. The van der Waals surface area contributed by atoms with Gasteiger partial charge < -0.3 is 9.94 Å². The van der Waals surface area contributed by atoms with Crippen LogP contribution in [0.5, 0.6) is 0 Å². The quantitative estimate of drug-likeness (QED) is 0.349. The van der Waals surface area contributed by atoms with Crippen molar-refractivity contribution in [3.05, 3.63) is 28.5 Å². The second-order valence-corrected chi connectivity index (χ2v) is 2.70. The molecule has 74 valence electrons. The molecule has 0 aliphatic carbocycles. The first kappa shape index (κ1) is 10.5. The molecule has 0 radical (unpaired) electrons. The van der Waals surface area contributed by atoms with Gasteiger partial charge in [0.25, 0.3) is 0 Å². The van der Waals surface area contributed by atoms with Gasteiger partial charge in [0, 0.05) is 18.0 Å². The highest BCUT2D eigenvalue weighted by Crippen LogP contribution is 2.18. The molecule has 0 aliphatic heterocycles. The first-order valence-electron chi connectivity index (χ1n) is 3.60. The minimum absolute atomic E-state index is 0.131. The molecule has 0 saturated carbocycles. The van der Waals surface area contributed by atoms with Crippen LogP contribution in [0.1, 0.15) is 15.9 Å². The summed E-state index contributed by atoms with van der Waals surface area (Å²) >= 11 is 5.82. The van der Waals surface area contributed by atoms with E-state index in [1.807, 2.05) is 0 Å². The highest BCUT2D eigenvalue weighted by Gasteiger charge is 2.13. The van der Waals surface area contributed by atoms with Crippen molar-refractivity contribution in [2.45, 2.75) is 0 Å². The SMILES string of the molecule is COC(=O)c1cncc(C=NO)c1Cl. The van der Waals surface area contributed by atoms with E-state index < -0.39 is 5.97 Å². The molecule has 6 heteroatoms. The Bertz CT molecular complexity index is 379. The van der Waals surface area contributed by atoms with Crippen molar-refractivity contribution >= 4 is 23.8 Å². The lowest BCUT2D eigenvalue weighted by Crippen LogP contribution is -2.04. The van der Waals surface area contributed by atoms with E-state index in [0.29, 0.717) is 5.56 Å². The summed E-state index contributed by atoms with van der Waals surface area (Å²) in [6, 6.07) is 0. The van der Waals surface area contributed by atoms with Crippen molar-refractivity contribution in [3.63, 3.8) is 0 Å². The number of hydrogen-bond acceptors (Lipinski definition) is 5. The number of aromatic nitrogens is 1. The van der Waals surface area contributed by atoms with E-state index in [4.69, 9.17) is 16.8 Å². The van der Waals surface area contributed by atoms with E-state index in [1.165, 1.54) is 19.5 Å². The summed E-state index contributed by atoms with van der Waals surface area (Å²) in [5, 5.41) is 11.2. The average molecular weight is 215 g/mol. The van der Waals surface area contributed by atoms with Crippen molar-refractivity contribution in [2.24, 2.45) is 5.16 Å². The molecule has 14 heavy (non-hydrogen) atoms. The zero-order chi connectivity index (χ0) is 10.6. The number of esters is 1. The summed E-state index contributed by atoms with van der Waals surface area (Å²) in [4.78, 5) is 14.9. The molecular formula is C8H7ClN2O3. The van der Waals surface area contributed by atoms with Crippen molar-refractivity contribution in [1.29, 1.82) is 0 Å². The van der Waals surface area contributed by atoms with E-state index in [2.05, 4.69) is 14.9 Å². The molecule has 0 bridgehead atoms. The van der Waals surface area contributed by atoms with Crippen molar-refractivity contribution < 1.29 is 14.7 Å². The van der Waals surface area contributed by atoms with Crippen LogP contribution in [0.15, 0.2) is 17.5 Å². The second-order valence-electron chi connectivity index (χ2n) is 2.33. The predicted molar refractivity (Wildman–Crippen MR) is 50.0 cm³/mol. The molecule has 0 fully saturated rings. The van der Waals surface area contributed by atoms with Crippen LogP contribution >= 0.6 is 11.6 Å². The van der Waals surface area contributed by atoms with Crippen molar-refractivity contribution in [3.8, 4) is 0 Å². The largest absolute Gasteiger partial charge is 0.465 e. The van der Waals surface area contributed by atoms with Gasteiger partial charge in [-0.25, -0.2) is 4.79 Å². The zero-order valence-corrected chi connectivity index (χ0v) is 8.02. The molecule has 0 spiro atoms. The normalized spacial score (nSPS) is 10.4. The molecule has 5 nitrogen and oxygen atoms in total. The Labute approximate surface area is 85.0 Å². The van der Waals surface area contributed by atoms with E-state index >= 15 is 0 Å². The van der Waals surface area contributed by atoms with Crippen LogP contribution < -0.4 is 0 Å². The molecule has 0 aromatic carbocycles. The highest BCUT2D eigenvalue weighted by atomic mass is 35.5. The fourth-order valence-corrected chi connectivity index (χ4v) is 1.09. The van der Waals surface area contributed by atoms with Crippen LogP contribution in [0.3, 0.4) is 0 Å². The van der Waals surface area contributed by atoms with Crippen LogP contribution in [0, 0.1) is 0 Å². The van der Waals surface area contributed by atoms with E-state index in [9.17, 15) is 4.79 Å². The zero-order valence-electron chi connectivity index (χ0n) is 7.27. The summed E-state index contributed by atoms with van der Waals surface area (Å²) in [5.41, 5.74) is 0.476. The Balaban J connectivity index is 3.20. The minimum atomic E-state index is -0.587. The Hall–Kier alpha value is -1.62. The molecule has 0 saturated heterocycles. The first-order chi connectivity index (χ1) is 6.70. The lowest BCUT2D eigenvalue weighted by Gasteiger charge is -2.02. The van der Waals surface area contributed by atoms with E-state index in [-0.39, 0.29) is 10.6 Å². The average Bonchev–Trinajstić information content (AvgIpc) is 2.20. The number of halogens is 1. The lowest BCUT2D eigenvalue weighted by molar-refractivity contribution is 0.0600. The van der Waals surface area contributed by atoms with Crippen LogP contribution in [-0.2, 0) is 4.74 Å². The standard InChI is InChI=1S/C8H7ClN2O3/c1-14-8(12)6-4-10-2-5(3-11-13)7(6)9/h2-4,13H,1H3. The number of nitrogens with zero attached hydrogens (tertiary/aromatic N) is 2. The van der Waals surface area contributed by atoms with Gasteiger partial charge in [-0.1, -0.05) is 16.8 Å². The van der Waals surface area contributed by atoms with Crippen LogP contribution in [0.25, 0.3) is 0 Å². The van der Waals surface area contributed by atoms with Crippen molar-refractivity contribution in [2.75, 3.05) is 7.11 Å². The molecule has 1 rings (SSSR count). The smallest absolute Gasteiger partial charge is 0.340 e. The van der Waals surface area contributed by atoms with Gasteiger partial charge in [0.1, 0.15) is 0 Å². The van der Waals surface area contributed by atoms with Gasteiger partial charge in [0.2, 0.25) is 0 Å². The van der Waals surface area contributed by atoms with Gasteiger partial charge in [-0.3, -0.25) is 4.98 Å². The molecular weight excluding hydrogens is 208 g/mol. The highest BCUT2D eigenvalue weighted by molar-refractivity contribution is 6.35. The van der Waals surface area contributed by atoms with Gasteiger partial charge in [-0.15, -0.1) is 0 Å². The number of hydrogen-bond donors (Lipinski definition) is 1. The molecule has 1 N–H and O–H groups in total. The molecule has 0 amide bonds. The lowest BCUT2D eigenvalue weighted by atomic mass is 10.2. The number of carbonyl (C=O) groups excluding carboxylic acids is 1. The Morgan fingerprint density at radius 2 is 2.43 bits per heavy atom. The number of carbonyl (C=O) groups is 1. The maximum Gasteiger partial charge on any atom is 0.340 e. The fraction of sp³-hybridized carbons (Fsp3) is 0.125. The van der Waals surface area contributed by atoms with Gasteiger partial charge in [0.05, 0.1) is 23.9 Å². The monoisotopic (exact) mass is 214 g/mol. The fourth-order valence-electron chi connectivity index (χ4n) is 0.865. The third-order valence-electron chi connectivity index (χ3n) is 1.51. The summed E-state index contributed by atoms with van der Waals surface area (Å²) < 4.78 is 4.48. The number of ether oxygens (including phenoxy) is 1. The van der Waals surface area contributed by atoms with Gasteiger partial charge >= 0.3 is 5.97 Å². The molecule has 1 aromatic heterocycles. The van der Waals surface area contributed by atoms with E-state index in [1.54, 1.807) is 0 Å². The summed E-state index contributed by atoms with van der Waals surface area (Å²) in [5.74, 6) is -0.587. The summed E-state index contributed by atoms with van der Waals surface area (Å²) in [6.45, 7) is 0. The topological polar surface area (TPSA) is 71.8 Å². The maximum atomic E-state index is 11.1. The summed E-state index contributed by atoms with van der Waals surface area (Å²) in [7, 11) is 1.24. The minimum Gasteiger partial charge on any atom is -0.465 e. The van der Waals surface area contributed by atoms with Gasteiger partial charge in [-0.05, 0) is 0 Å². The number of rotatable bonds is 2. The van der Waals surface area contributed by atoms with Crippen LogP contribution in [0.2, 0.25) is 5.02 Å². The van der Waals surface area contributed by atoms with Crippen LogP contribution in [-0.4, -0.2) is 29.5 Å². The Morgan fingerprint density at radius 1 is 1.71 bits per heavy atom. The van der Waals surface area contributed by atoms with Crippen LogP contribution in [0.4, 0.5) is 0 Å². The molecule has 1 aromatic rings. The molecule has 1 heterocycles. The Kier molecular flexibility index (Phi) is 3.41. The summed E-state index contributed by atoms with van der Waals surface area (Å²) in [6.07, 6.45) is 3.74. The molecule has 0 aliphatic rings. The van der Waals surface area contributed by atoms with Gasteiger partial charge in [-0.2, -0.15) is 0 Å². The third kappa shape index (κ3) is 2.00. The first-order valence-corrected chi connectivity index (χ1v) is 3.97. The third-order valence-corrected chi connectivity index (χ3v) is 1.93. The maximum absolute atomic E-state index is 11.1. The predicted octanol–water partition coefficient (Wildman–Crippen LogP) is 1.33. The number of oxime groups is 1. The Morgan fingerprint density at radius 3 is 3.00 bits per heavy atom. The van der Waals surface area contributed by atoms with Gasteiger partial charge in [0.15, 0.2) is 0 Å². The number of pyridine rings is 1. The van der Waals surface area contributed by atoms with E-state index in [0.717, 1.165) is 6.21 Å².